The molecule has 6 heteroatoms. The highest BCUT2D eigenvalue weighted by atomic mass is 16.5. The van der Waals surface area contributed by atoms with Crippen LogP contribution in [0.1, 0.15) is 25.0 Å². The summed E-state index contributed by atoms with van der Waals surface area (Å²) >= 11 is 0. The highest BCUT2D eigenvalue weighted by Gasteiger charge is 2.14. The first-order chi connectivity index (χ1) is 12.7. The number of benzene rings is 1. The maximum atomic E-state index is 5.48. The first-order valence-corrected chi connectivity index (χ1v) is 9.76. The lowest BCUT2D eigenvalue weighted by molar-refractivity contribution is 0.139. The Hall–Kier alpha value is -1.79. The summed E-state index contributed by atoms with van der Waals surface area (Å²) in [7, 11) is 1.71. The third kappa shape index (κ3) is 6.50. The zero-order valence-corrected chi connectivity index (χ0v) is 16.8. The molecule has 2 N–H and O–H groups in total. The molecule has 0 aliphatic carbocycles. The van der Waals surface area contributed by atoms with Gasteiger partial charge in [0.2, 0.25) is 0 Å². The Balaban J connectivity index is 1.83. The van der Waals surface area contributed by atoms with Crippen LogP contribution in [0.2, 0.25) is 0 Å². The van der Waals surface area contributed by atoms with Crippen LogP contribution in [0.4, 0.5) is 0 Å². The van der Waals surface area contributed by atoms with Crippen LogP contribution in [0.25, 0.3) is 0 Å². The number of hydrogen-bond donors (Lipinski definition) is 2. The van der Waals surface area contributed by atoms with Gasteiger partial charge in [-0.15, -0.1) is 0 Å². The van der Waals surface area contributed by atoms with Crippen LogP contribution in [0.5, 0.6) is 5.75 Å². The van der Waals surface area contributed by atoms with Crippen LogP contribution in [-0.4, -0.2) is 75.2 Å². The van der Waals surface area contributed by atoms with Crippen molar-refractivity contribution in [3.8, 4) is 5.75 Å². The van der Waals surface area contributed by atoms with Gasteiger partial charge in [0.05, 0.1) is 13.7 Å². The molecule has 0 bridgehead atoms. The third-order valence-corrected chi connectivity index (χ3v) is 4.83. The van der Waals surface area contributed by atoms with E-state index >= 15 is 0 Å². The second-order valence-electron chi connectivity index (χ2n) is 6.71. The van der Waals surface area contributed by atoms with Gasteiger partial charge in [-0.1, -0.05) is 19.1 Å². The van der Waals surface area contributed by atoms with E-state index < -0.39 is 0 Å². The van der Waals surface area contributed by atoms with E-state index in [1.54, 1.807) is 7.11 Å². The van der Waals surface area contributed by atoms with Crippen LogP contribution in [0, 0.1) is 6.92 Å². The van der Waals surface area contributed by atoms with Crippen molar-refractivity contribution in [2.75, 3.05) is 59.5 Å². The van der Waals surface area contributed by atoms with Gasteiger partial charge in [-0.05, 0) is 32.0 Å². The highest BCUT2D eigenvalue weighted by Crippen LogP contribution is 2.20. The van der Waals surface area contributed by atoms with E-state index in [2.05, 4.69) is 59.4 Å². The third-order valence-electron chi connectivity index (χ3n) is 4.83. The second kappa shape index (κ2) is 11.0. The van der Waals surface area contributed by atoms with Crippen LogP contribution >= 0.6 is 0 Å². The smallest absolute Gasteiger partial charge is 0.191 e. The molecule has 0 spiro atoms. The number of aryl methyl sites for hydroxylation is 1. The van der Waals surface area contributed by atoms with E-state index in [-0.39, 0.29) is 0 Å². The molecule has 0 amide bonds. The molecule has 1 aromatic carbocycles. The SMILES string of the molecule is CCNC(=NCc1ccc(C)cc1OC)NCCN1CCN(CC)CC1. The summed E-state index contributed by atoms with van der Waals surface area (Å²) in [6, 6.07) is 6.25. The van der Waals surface area contributed by atoms with Crippen molar-refractivity contribution in [2.24, 2.45) is 4.99 Å². The van der Waals surface area contributed by atoms with Crippen molar-refractivity contribution in [3.05, 3.63) is 29.3 Å². The number of rotatable bonds is 8. The van der Waals surface area contributed by atoms with E-state index in [0.29, 0.717) is 6.54 Å². The van der Waals surface area contributed by atoms with E-state index in [9.17, 15) is 0 Å². The number of likely N-dealkylation sites (N-methyl/N-ethyl adjacent to an activating group) is 1. The largest absolute Gasteiger partial charge is 0.496 e. The first kappa shape index (κ1) is 20.5. The fourth-order valence-corrected chi connectivity index (χ4v) is 3.15. The molecule has 26 heavy (non-hydrogen) atoms. The summed E-state index contributed by atoms with van der Waals surface area (Å²) in [5.41, 5.74) is 2.30. The summed E-state index contributed by atoms with van der Waals surface area (Å²) in [5, 5.41) is 6.78. The van der Waals surface area contributed by atoms with Crippen LogP contribution in [0.15, 0.2) is 23.2 Å². The highest BCUT2D eigenvalue weighted by molar-refractivity contribution is 5.79. The Bertz CT molecular complexity index is 567. The standard InChI is InChI=1S/C20H35N5O/c1-5-21-20(22-9-10-25-13-11-24(6-2)12-14-25)23-16-18-8-7-17(3)15-19(18)26-4/h7-8,15H,5-6,9-14,16H2,1-4H3,(H2,21,22,23). The molecule has 0 radical (unpaired) electrons. The summed E-state index contributed by atoms with van der Waals surface area (Å²) < 4.78 is 5.48. The lowest BCUT2D eigenvalue weighted by Gasteiger charge is -2.34. The molecule has 0 saturated carbocycles. The molecule has 146 valence electrons. The minimum Gasteiger partial charge on any atom is -0.496 e. The number of aliphatic imine (C=N–C) groups is 1. The van der Waals surface area contributed by atoms with Crippen molar-refractivity contribution in [1.82, 2.24) is 20.4 Å². The molecule has 1 heterocycles. The van der Waals surface area contributed by atoms with Crippen molar-refractivity contribution >= 4 is 5.96 Å². The maximum absolute atomic E-state index is 5.48. The molecule has 2 rings (SSSR count). The van der Waals surface area contributed by atoms with Gasteiger partial charge in [0.15, 0.2) is 5.96 Å². The van der Waals surface area contributed by atoms with E-state index in [4.69, 9.17) is 9.73 Å². The molecule has 1 fully saturated rings. The Labute approximate surface area is 158 Å². The average Bonchev–Trinajstić information content (AvgIpc) is 2.67. The number of nitrogens with one attached hydrogen (secondary N) is 2. The Morgan fingerprint density at radius 2 is 1.85 bits per heavy atom. The van der Waals surface area contributed by atoms with Gasteiger partial charge in [-0.25, -0.2) is 4.99 Å². The predicted octanol–water partition coefficient (Wildman–Crippen LogP) is 1.70. The van der Waals surface area contributed by atoms with Crippen LogP contribution in [0.3, 0.4) is 0 Å². The van der Waals surface area contributed by atoms with Gasteiger partial charge >= 0.3 is 0 Å². The Kier molecular flexibility index (Phi) is 8.71. The molecule has 0 unspecified atom stereocenters. The Morgan fingerprint density at radius 1 is 1.12 bits per heavy atom. The topological polar surface area (TPSA) is 52.1 Å². The molecular formula is C20H35N5O. The number of nitrogens with zero attached hydrogens (tertiary/aromatic N) is 3. The maximum Gasteiger partial charge on any atom is 0.191 e. The van der Waals surface area contributed by atoms with Gasteiger partial charge < -0.3 is 20.3 Å². The zero-order valence-electron chi connectivity index (χ0n) is 16.8. The summed E-state index contributed by atoms with van der Waals surface area (Å²) in [5.74, 6) is 1.76. The quantitative estimate of drug-likeness (QED) is 0.545. The number of hydrogen-bond acceptors (Lipinski definition) is 4. The molecule has 1 aliphatic heterocycles. The van der Waals surface area contributed by atoms with Crippen LogP contribution < -0.4 is 15.4 Å². The van der Waals surface area contributed by atoms with E-state index in [1.165, 1.54) is 18.7 Å². The lowest BCUT2D eigenvalue weighted by Crippen LogP contribution is -2.49. The molecule has 1 aliphatic rings. The average molecular weight is 362 g/mol. The summed E-state index contributed by atoms with van der Waals surface area (Å²) in [6.07, 6.45) is 0. The molecule has 6 nitrogen and oxygen atoms in total. The minimum atomic E-state index is 0.605. The van der Waals surface area contributed by atoms with Gasteiger partial charge in [0.25, 0.3) is 0 Å². The van der Waals surface area contributed by atoms with Gasteiger partial charge in [-0.2, -0.15) is 0 Å². The summed E-state index contributed by atoms with van der Waals surface area (Å²) in [4.78, 5) is 9.74. The van der Waals surface area contributed by atoms with Gasteiger partial charge in [0.1, 0.15) is 5.75 Å². The van der Waals surface area contributed by atoms with Crippen molar-refractivity contribution in [2.45, 2.75) is 27.3 Å². The van der Waals surface area contributed by atoms with Crippen molar-refractivity contribution < 1.29 is 4.74 Å². The number of piperazine rings is 1. The second-order valence-corrected chi connectivity index (χ2v) is 6.71. The number of guanidine groups is 1. The number of methoxy groups -OCH3 is 1. The molecule has 1 saturated heterocycles. The lowest BCUT2D eigenvalue weighted by atomic mass is 10.1. The molecule has 0 atom stereocenters. The summed E-state index contributed by atoms with van der Waals surface area (Å²) in [6.45, 7) is 15.6. The fourth-order valence-electron chi connectivity index (χ4n) is 3.15. The Morgan fingerprint density at radius 3 is 2.50 bits per heavy atom. The molecular weight excluding hydrogens is 326 g/mol. The normalized spacial score (nSPS) is 16.5. The van der Waals surface area contributed by atoms with E-state index in [1.807, 2.05) is 0 Å². The number of ether oxygens (including phenoxy) is 1. The predicted molar refractivity (Wildman–Crippen MR) is 109 cm³/mol. The van der Waals surface area contributed by atoms with E-state index in [0.717, 1.165) is 56.5 Å². The minimum absolute atomic E-state index is 0.605. The molecule has 1 aromatic rings. The van der Waals surface area contributed by atoms with Crippen LogP contribution in [-0.2, 0) is 6.54 Å². The van der Waals surface area contributed by atoms with Crippen molar-refractivity contribution in [3.63, 3.8) is 0 Å². The molecule has 0 aromatic heterocycles. The van der Waals surface area contributed by atoms with Gasteiger partial charge in [0, 0.05) is 51.4 Å². The van der Waals surface area contributed by atoms with Gasteiger partial charge in [-0.3, -0.25) is 4.90 Å². The first-order valence-electron chi connectivity index (χ1n) is 9.76. The monoisotopic (exact) mass is 361 g/mol. The van der Waals surface area contributed by atoms with Crippen molar-refractivity contribution in [1.29, 1.82) is 0 Å². The fraction of sp³-hybridized carbons (Fsp3) is 0.650. The zero-order chi connectivity index (χ0) is 18.8.